The van der Waals surface area contributed by atoms with E-state index in [2.05, 4.69) is 46.5 Å². The van der Waals surface area contributed by atoms with Gasteiger partial charge in [0, 0.05) is 19.2 Å². The molecule has 0 amide bonds. The molecule has 1 aromatic rings. The third-order valence-corrected chi connectivity index (χ3v) is 4.28. The van der Waals surface area contributed by atoms with Gasteiger partial charge in [-0.25, -0.2) is 0 Å². The lowest BCUT2D eigenvalue weighted by Gasteiger charge is -2.24. The summed E-state index contributed by atoms with van der Waals surface area (Å²) in [5, 5.41) is 3.45. The van der Waals surface area contributed by atoms with Crippen molar-refractivity contribution in [2.45, 2.75) is 19.3 Å². The molecule has 2 heterocycles. The molecule has 1 fully saturated rings. The largest absolute Gasteiger partial charge is 0.358 e. The minimum atomic E-state index is 0.828. The van der Waals surface area contributed by atoms with Crippen molar-refractivity contribution in [1.82, 2.24) is 10.2 Å². The molecule has 19 heavy (non-hydrogen) atoms. The smallest absolute Gasteiger partial charge is 0.131 e. The van der Waals surface area contributed by atoms with Crippen LogP contribution in [0.25, 0.3) is 0 Å². The number of hydrogen-bond acceptors (Lipinski definition) is 3. The van der Waals surface area contributed by atoms with E-state index in [1.54, 1.807) is 0 Å². The topological polar surface area (TPSA) is 27.6 Å². The molecule has 1 aromatic carbocycles. The summed E-state index contributed by atoms with van der Waals surface area (Å²) < 4.78 is 0. The van der Waals surface area contributed by atoms with Crippen LogP contribution in [-0.4, -0.2) is 44.0 Å². The molecule has 0 atom stereocenters. The lowest BCUT2D eigenvalue weighted by molar-refractivity contribution is 0.372. The molecule has 2 aliphatic heterocycles. The van der Waals surface area contributed by atoms with Gasteiger partial charge in [0.15, 0.2) is 0 Å². The second-order valence-corrected chi connectivity index (χ2v) is 5.68. The fourth-order valence-electron chi connectivity index (χ4n) is 3.14. The first-order chi connectivity index (χ1) is 9.34. The molecule has 1 saturated heterocycles. The Bertz CT molecular complexity index is 461. The fraction of sp³-hybridized carbons (Fsp3) is 0.562. The maximum absolute atomic E-state index is 4.67. The van der Waals surface area contributed by atoms with Crippen molar-refractivity contribution >= 4 is 5.84 Å². The van der Waals surface area contributed by atoms with Crippen LogP contribution >= 0.6 is 0 Å². The van der Waals surface area contributed by atoms with Gasteiger partial charge in [0.05, 0.1) is 6.54 Å². The monoisotopic (exact) mass is 257 g/mol. The number of piperidine rings is 1. The van der Waals surface area contributed by atoms with Gasteiger partial charge in [-0.05, 0) is 43.8 Å². The van der Waals surface area contributed by atoms with Crippen molar-refractivity contribution in [3.8, 4) is 0 Å². The van der Waals surface area contributed by atoms with Crippen molar-refractivity contribution in [3.05, 3.63) is 35.4 Å². The molecule has 0 aromatic heterocycles. The standard InChI is InChI=1S/C16H23N3/c1-19-11-10-18-16(19)15-5-3-2-4-14(15)12-13-6-8-17-9-7-13/h2-5,13,17H,6-12H2,1H3. The predicted molar refractivity (Wildman–Crippen MR) is 79.8 cm³/mol. The fourth-order valence-corrected chi connectivity index (χ4v) is 3.14. The maximum atomic E-state index is 4.67. The lowest BCUT2D eigenvalue weighted by atomic mass is 9.89. The quantitative estimate of drug-likeness (QED) is 0.896. The van der Waals surface area contributed by atoms with E-state index in [9.17, 15) is 0 Å². The summed E-state index contributed by atoms with van der Waals surface area (Å²) in [5.41, 5.74) is 2.82. The number of nitrogens with zero attached hydrogens (tertiary/aromatic N) is 2. The molecule has 3 heteroatoms. The normalized spacial score (nSPS) is 20.7. The Labute approximate surface area is 115 Å². The maximum Gasteiger partial charge on any atom is 0.131 e. The Kier molecular flexibility index (Phi) is 3.83. The first-order valence-electron chi connectivity index (χ1n) is 7.39. The van der Waals surface area contributed by atoms with Crippen molar-refractivity contribution in [1.29, 1.82) is 0 Å². The molecule has 2 aliphatic rings. The van der Waals surface area contributed by atoms with Gasteiger partial charge in [0.1, 0.15) is 5.84 Å². The van der Waals surface area contributed by atoms with E-state index in [1.165, 1.54) is 49.3 Å². The highest BCUT2D eigenvalue weighted by Gasteiger charge is 2.20. The van der Waals surface area contributed by atoms with E-state index < -0.39 is 0 Å². The van der Waals surface area contributed by atoms with Crippen molar-refractivity contribution in [2.75, 3.05) is 33.2 Å². The Morgan fingerprint density at radius 1 is 1.26 bits per heavy atom. The van der Waals surface area contributed by atoms with Crippen LogP contribution < -0.4 is 5.32 Å². The van der Waals surface area contributed by atoms with E-state index in [-0.39, 0.29) is 0 Å². The van der Waals surface area contributed by atoms with Crippen LogP contribution in [0, 0.1) is 5.92 Å². The van der Waals surface area contributed by atoms with Gasteiger partial charge < -0.3 is 10.2 Å². The zero-order chi connectivity index (χ0) is 13.1. The third kappa shape index (κ3) is 2.81. The number of likely N-dealkylation sites (N-methyl/N-ethyl adjacent to an activating group) is 1. The van der Waals surface area contributed by atoms with Crippen LogP contribution in [-0.2, 0) is 6.42 Å². The van der Waals surface area contributed by atoms with Crippen LogP contribution in [0.4, 0.5) is 0 Å². The summed E-state index contributed by atoms with van der Waals surface area (Å²) in [7, 11) is 2.15. The second-order valence-electron chi connectivity index (χ2n) is 5.68. The zero-order valence-electron chi connectivity index (χ0n) is 11.7. The molecule has 0 bridgehead atoms. The number of nitrogens with one attached hydrogen (secondary N) is 1. The average Bonchev–Trinajstić information content (AvgIpc) is 2.87. The van der Waals surface area contributed by atoms with Crippen molar-refractivity contribution < 1.29 is 0 Å². The number of amidine groups is 1. The first kappa shape index (κ1) is 12.7. The Hall–Kier alpha value is -1.35. The summed E-state index contributed by atoms with van der Waals surface area (Å²) in [6.45, 7) is 4.34. The minimum absolute atomic E-state index is 0.828. The molecule has 1 N–H and O–H groups in total. The van der Waals surface area contributed by atoms with E-state index in [1.807, 2.05) is 0 Å². The average molecular weight is 257 g/mol. The molecular formula is C16H23N3. The Morgan fingerprint density at radius 3 is 2.79 bits per heavy atom. The summed E-state index contributed by atoms with van der Waals surface area (Å²) in [6, 6.07) is 8.81. The van der Waals surface area contributed by atoms with Crippen molar-refractivity contribution in [3.63, 3.8) is 0 Å². The molecule has 0 aliphatic carbocycles. The van der Waals surface area contributed by atoms with Gasteiger partial charge in [-0.1, -0.05) is 24.3 Å². The molecule has 102 valence electrons. The van der Waals surface area contributed by atoms with Gasteiger partial charge in [-0.15, -0.1) is 0 Å². The molecule has 0 saturated carbocycles. The van der Waals surface area contributed by atoms with E-state index in [0.717, 1.165) is 19.0 Å². The summed E-state index contributed by atoms with van der Waals surface area (Å²) >= 11 is 0. The molecule has 0 spiro atoms. The first-order valence-corrected chi connectivity index (χ1v) is 7.39. The highest BCUT2D eigenvalue weighted by atomic mass is 15.2. The second kappa shape index (κ2) is 5.74. The Balaban J connectivity index is 1.81. The number of rotatable bonds is 3. The van der Waals surface area contributed by atoms with Gasteiger partial charge in [0.25, 0.3) is 0 Å². The lowest BCUT2D eigenvalue weighted by Crippen LogP contribution is -2.29. The van der Waals surface area contributed by atoms with Crippen LogP contribution in [0.15, 0.2) is 29.3 Å². The Morgan fingerprint density at radius 2 is 2.05 bits per heavy atom. The van der Waals surface area contributed by atoms with E-state index >= 15 is 0 Å². The highest BCUT2D eigenvalue weighted by molar-refractivity contribution is 6.00. The predicted octanol–water partition coefficient (Wildman–Crippen LogP) is 1.92. The number of benzene rings is 1. The molecule has 0 unspecified atom stereocenters. The highest BCUT2D eigenvalue weighted by Crippen LogP contribution is 2.22. The van der Waals surface area contributed by atoms with Gasteiger partial charge in [-0.3, -0.25) is 4.99 Å². The molecule has 3 rings (SSSR count). The zero-order valence-corrected chi connectivity index (χ0v) is 11.7. The molecule has 0 radical (unpaired) electrons. The summed E-state index contributed by atoms with van der Waals surface area (Å²) in [5.74, 6) is 2.01. The van der Waals surface area contributed by atoms with E-state index in [4.69, 9.17) is 0 Å². The third-order valence-electron chi connectivity index (χ3n) is 4.28. The minimum Gasteiger partial charge on any atom is -0.358 e. The number of hydrogen-bond donors (Lipinski definition) is 1. The van der Waals surface area contributed by atoms with Crippen LogP contribution in [0.2, 0.25) is 0 Å². The summed E-state index contributed by atoms with van der Waals surface area (Å²) in [4.78, 5) is 6.95. The van der Waals surface area contributed by atoms with Gasteiger partial charge >= 0.3 is 0 Å². The molecule has 3 nitrogen and oxygen atoms in total. The van der Waals surface area contributed by atoms with Gasteiger partial charge in [0.2, 0.25) is 0 Å². The molecular weight excluding hydrogens is 234 g/mol. The van der Waals surface area contributed by atoms with Crippen molar-refractivity contribution in [2.24, 2.45) is 10.9 Å². The summed E-state index contributed by atoms with van der Waals surface area (Å²) in [6.07, 6.45) is 3.80. The SMILES string of the molecule is CN1CCN=C1c1ccccc1CC1CCNCC1. The van der Waals surface area contributed by atoms with Crippen LogP contribution in [0.1, 0.15) is 24.0 Å². The number of aliphatic imine (C=N–C) groups is 1. The van der Waals surface area contributed by atoms with Gasteiger partial charge in [-0.2, -0.15) is 0 Å². The van der Waals surface area contributed by atoms with E-state index in [0.29, 0.717) is 0 Å². The van der Waals surface area contributed by atoms with Crippen LogP contribution in [0.3, 0.4) is 0 Å². The van der Waals surface area contributed by atoms with Crippen LogP contribution in [0.5, 0.6) is 0 Å².